The lowest BCUT2D eigenvalue weighted by molar-refractivity contribution is -0.379. The molecule has 0 spiro atoms. The molecule has 3 heterocycles. The summed E-state index contributed by atoms with van der Waals surface area (Å²) in [6.45, 7) is 1.60. The van der Waals surface area contributed by atoms with Crippen LogP contribution in [-0.2, 0) is 33.2 Å². The highest BCUT2D eigenvalue weighted by atomic mass is 16.8. The standard InChI is InChI=1S/C81H141NO18/c1-3-5-7-9-11-13-15-17-19-21-23-25-27-28-29-30-31-32-33-34-35-37-38-40-42-44-46-48-50-52-54-56-58-65(86)64(82-69(87)59-57-55-53-51-49-47-45-43-41-39-36-26-24-22-20-18-16-14-12-10-8-6-4-2)63-95-79-75(93)72(90)77(67(61-84)97-79)100-81-76(94)73(91)78(68(62-85)98-81)99-80-74(92)71(89)70(88)66(60-83)96-80/h6,8,12,14,18,20,24,26,39,41,45,47-48,50,56,58,64-68,70-81,83-86,88-94H,3-5,7,9-11,13,15-17,19,21-23,25,27-38,40,42-44,46,49,51-55,57,59-63H2,1-2H3,(H,82,87)/b8-6-,14-12-,20-18-,26-24-,41-39-,47-45-,50-48+,58-56+. The number of hydrogen-bond donors (Lipinski definition) is 12. The largest absolute Gasteiger partial charge is 0.394 e. The average molecular weight is 1420 g/mol. The van der Waals surface area contributed by atoms with Gasteiger partial charge >= 0.3 is 0 Å². The van der Waals surface area contributed by atoms with Crippen LogP contribution in [0.2, 0.25) is 0 Å². The molecule has 19 heteroatoms. The second kappa shape index (κ2) is 60.9. The van der Waals surface area contributed by atoms with E-state index in [1.807, 2.05) is 6.08 Å². The minimum absolute atomic E-state index is 0.200. The van der Waals surface area contributed by atoms with Crippen LogP contribution in [0.5, 0.6) is 0 Å². The molecule has 578 valence electrons. The summed E-state index contributed by atoms with van der Waals surface area (Å²) in [5.74, 6) is -0.311. The Hall–Kier alpha value is -3.29. The van der Waals surface area contributed by atoms with Gasteiger partial charge in [0.1, 0.15) is 73.2 Å². The third-order valence-corrected chi connectivity index (χ3v) is 19.1. The van der Waals surface area contributed by atoms with E-state index in [1.165, 1.54) is 161 Å². The van der Waals surface area contributed by atoms with Crippen LogP contribution < -0.4 is 5.32 Å². The van der Waals surface area contributed by atoms with Crippen LogP contribution in [0, 0.1) is 0 Å². The lowest BCUT2D eigenvalue weighted by Crippen LogP contribution is -2.66. The maximum absolute atomic E-state index is 13.4. The fourth-order valence-electron chi connectivity index (χ4n) is 12.8. The zero-order chi connectivity index (χ0) is 72.5. The van der Waals surface area contributed by atoms with Crippen molar-refractivity contribution >= 4 is 5.91 Å². The zero-order valence-electron chi connectivity index (χ0n) is 61.6. The highest BCUT2D eigenvalue weighted by Gasteiger charge is 2.53. The number of ether oxygens (including phenoxy) is 6. The fraction of sp³-hybridized carbons (Fsp3) is 0.790. The van der Waals surface area contributed by atoms with Crippen LogP contribution in [-0.4, -0.2) is 193 Å². The Morgan fingerprint density at radius 1 is 0.370 bits per heavy atom. The van der Waals surface area contributed by atoms with Gasteiger partial charge in [-0.2, -0.15) is 0 Å². The van der Waals surface area contributed by atoms with Gasteiger partial charge in [0.15, 0.2) is 18.9 Å². The number of carbonyl (C=O) groups is 1. The van der Waals surface area contributed by atoms with Gasteiger partial charge in [-0.3, -0.25) is 4.79 Å². The fourth-order valence-corrected chi connectivity index (χ4v) is 12.8. The molecule has 3 aliphatic heterocycles. The predicted molar refractivity (Wildman–Crippen MR) is 397 cm³/mol. The van der Waals surface area contributed by atoms with Crippen LogP contribution in [0.1, 0.15) is 277 Å². The van der Waals surface area contributed by atoms with Crippen molar-refractivity contribution in [2.75, 3.05) is 26.4 Å². The monoisotopic (exact) mass is 1420 g/mol. The molecule has 3 rings (SSSR count). The van der Waals surface area contributed by atoms with Crippen LogP contribution >= 0.6 is 0 Å². The first-order valence-corrected chi connectivity index (χ1v) is 39.5. The second-order valence-corrected chi connectivity index (χ2v) is 27.8. The topological polar surface area (TPSA) is 307 Å². The quantitative estimate of drug-likeness (QED) is 0.0199. The summed E-state index contributed by atoms with van der Waals surface area (Å²) in [7, 11) is 0. The van der Waals surface area contributed by atoms with Gasteiger partial charge in [-0.1, -0.05) is 284 Å². The van der Waals surface area contributed by atoms with Gasteiger partial charge in [0.2, 0.25) is 5.91 Å². The maximum atomic E-state index is 13.4. The molecule has 3 fully saturated rings. The number of allylic oxidation sites excluding steroid dienone is 15. The van der Waals surface area contributed by atoms with Crippen molar-refractivity contribution < 1.29 is 89.4 Å². The van der Waals surface area contributed by atoms with E-state index in [0.29, 0.717) is 12.8 Å². The maximum Gasteiger partial charge on any atom is 0.220 e. The summed E-state index contributed by atoms with van der Waals surface area (Å²) in [6.07, 6.45) is 55.4. The van der Waals surface area contributed by atoms with E-state index in [2.05, 4.69) is 104 Å². The normalized spacial score (nSPS) is 27.0. The Bertz CT molecular complexity index is 2190. The SMILES string of the molecule is CC/C=C\C/C=C\C/C=C\C/C=C\C/C=C\C/C=C\CCCCCCC(=O)NC(COC1OC(CO)C(OC2OC(CO)C(OC3OC(CO)C(O)C(O)C3O)C(O)C2O)C(O)C1O)C(O)/C=C/CC/C=C/CCCCCCCCCCCCCCCCCCCCCCCCCCCC. The molecule has 3 saturated heterocycles. The highest BCUT2D eigenvalue weighted by molar-refractivity contribution is 5.76. The molecule has 0 aliphatic carbocycles. The van der Waals surface area contributed by atoms with E-state index >= 15 is 0 Å². The number of aliphatic hydroxyl groups excluding tert-OH is 11. The van der Waals surface area contributed by atoms with E-state index in [1.54, 1.807) is 6.08 Å². The molecular formula is C81H141NO18. The third kappa shape index (κ3) is 40.8. The summed E-state index contributed by atoms with van der Waals surface area (Å²) in [5.41, 5.74) is 0. The molecule has 1 amide bonds. The summed E-state index contributed by atoms with van der Waals surface area (Å²) < 4.78 is 34.4. The Balaban J connectivity index is 1.40. The van der Waals surface area contributed by atoms with Crippen molar-refractivity contribution in [3.05, 3.63) is 97.2 Å². The smallest absolute Gasteiger partial charge is 0.220 e. The second-order valence-electron chi connectivity index (χ2n) is 27.8. The Morgan fingerprint density at radius 2 is 0.700 bits per heavy atom. The number of unbranched alkanes of at least 4 members (excludes halogenated alkanes) is 31. The molecule has 0 aromatic carbocycles. The van der Waals surface area contributed by atoms with Crippen molar-refractivity contribution in [2.45, 2.75) is 381 Å². The van der Waals surface area contributed by atoms with E-state index in [9.17, 15) is 61.0 Å². The first kappa shape index (κ1) is 90.9. The third-order valence-electron chi connectivity index (χ3n) is 19.1. The number of nitrogens with one attached hydrogen (secondary N) is 1. The van der Waals surface area contributed by atoms with Crippen molar-refractivity contribution in [1.29, 1.82) is 0 Å². The lowest BCUT2D eigenvalue weighted by Gasteiger charge is -2.48. The molecule has 19 nitrogen and oxygen atoms in total. The van der Waals surface area contributed by atoms with Gasteiger partial charge in [-0.05, 0) is 83.5 Å². The van der Waals surface area contributed by atoms with Crippen molar-refractivity contribution in [2.24, 2.45) is 0 Å². The van der Waals surface area contributed by atoms with E-state index in [-0.39, 0.29) is 18.9 Å². The van der Waals surface area contributed by atoms with Crippen molar-refractivity contribution in [3.8, 4) is 0 Å². The van der Waals surface area contributed by atoms with Gasteiger partial charge in [0.05, 0.1) is 38.6 Å². The van der Waals surface area contributed by atoms with E-state index < -0.39 is 124 Å². The number of carbonyl (C=O) groups excluding carboxylic acids is 1. The van der Waals surface area contributed by atoms with Gasteiger partial charge in [0.25, 0.3) is 0 Å². The molecule has 17 unspecified atom stereocenters. The molecule has 0 aromatic heterocycles. The van der Waals surface area contributed by atoms with E-state index in [0.717, 1.165) is 83.5 Å². The highest BCUT2D eigenvalue weighted by Crippen LogP contribution is 2.33. The summed E-state index contributed by atoms with van der Waals surface area (Å²) in [6, 6.07) is -1.01. The number of rotatable bonds is 61. The molecule has 100 heavy (non-hydrogen) atoms. The molecule has 0 radical (unpaired) electrons. The summed E-state index contributed by atoms with van der Waals surface area (Å²) in [4.78, 5) is 13.4. The molecule has 3 aliphatic rings. The minimum atomic E-state index is -1.99. The number of amides is 1. The lowest BCUT2D eigenvalue weighted by atomic mass is 9.96. The molecule has 0 bridgehead atoms. The zero-order valence-corrected chi connectivity index (χ0v) is 61.6. The first-order chi connectivity index (χ1) is 48.8. The molecule has 0 aromatic rings. The van der Waals surface area contributed by atoms with Crippen molar-refractivity contribution in [3.63, 3.8) is 0 Å². The van der Waals surface area contributed by atoms with Gasteiger partial charge in [-0.25, -0.2) is 0 Å². The van der Waals surface area contributed by atoms with Gasteiger partial charge < -0.3 is 89.9 Å². The molecule has 12 N–H and O–H groups in total. The molecule has 17 atom stereocenters. The van der Waals surface area contributed by atoms with Gasteiger partial charge in [-0.15, -0.1) is 0 Å². The average Bonchev–Trinajstić information content (AvgIpc) is 0.783. The molecular weight excluding hydrogens is 1270 g/mol. The Morgan fingerprint density at radius 3 is 1.12 bits per heavy atom. The Kier molecular flexibility index (Phi) is 55.4. The van der Waals surface area contributed by atoms with Crippen LogP contribution in [0.3, 0.4) is 0 Å². The first-order valence-electron chi connectivity index (χ1n) is 39.5. The van der Waals surface area contributed by atoms with Crippen LogP contribution in [0.15, 0.2) is 97.2 Å². The van der Waals surface area contributed by atoms with Crippen LogP contribution in [0.4, 0.5) is 0 Å². The summed E-state index contributed by atoms with van der Waals surface area (Å²) in [5, 5.41) is 121. The number of hydrogen-bond acceptors (Lipinski definition) is 18. The van der Waals surface area contributed by atoms with E-state index in [4.69, 9.17) is 28.4 Å². The summed E-state index contributed by atoms with van der Waals surface area (Å²) >= 11 is 0. The van der Waals surface area contributed by atoms with Crippen molar-refractivity contribution in [1.82, 2.24) is 5.32 Å². The molecule has 0 saturated carbocycles. The number of aliphatic hydroxyl groups is 11. The van der Waals surface area contributed by atoms with Gasteiger partial charge in [0, 0.05) is 6.42 Å². The minimum Gasteiger partial charge on any atom is -0.394 e. The Labute approximate surface area is 603 Å². The van der Waals surface area contributed by atoms with Crippen LogP contribution in [0.25, 0.3) is 0 Å². The predicted octanol–water partition coefficient (Wildman–Crippen LogP) is 12.8.